The van der Waals surface area contributed by atoms with Crippen LogP contribution in [0.4, 0.5) is 0 Å². The highest BCUT2D eigenvalue weighted by Crippen LogP contribution is 2.27. The molecule has 2 aliphatic rings. The summed E-state index contributed by atoms with van der Waals surface area (Å²) in [7, 11) is 0. The van der Waals surface area contributed by atoms with Crippen molar-refractivity contribution in [3.8, 4) is 0 Å². The van der Waals surface area contributed by atoms with Crippen LogP contribution >= 0.6 is 11.8 Å². The SMILES string of the molecule is CSC1CCC(NC(C)C(=O)NC2CC2)CC1. The molecule has 0 spiro atoms. The van der Waals surface area contributed by atoms with E-state index in [1.54, 1.807) is 0 Å². The molecule has 0 aliphatic heterocycles. The summed E-state index contributed by atoms with van der Waals surface area (Å²) in [6, 6.07) is 0.976. The van der Waals surface area contributed by atoms with Crippen molar-refractivity contribution in [2.75, 3.05) is 6.26 Å². The number of rotatable bonds is 5. The molecule has 17 heavy (non-hydrogen) atoms. The smallest absolute Gasteiger partial charge is 0.237 e. The van der Waals surface area contributed by atoms with Crippen LogP contribution in [-0.4, -0.2) is 35.5 Å². The Bertz CT molecular complexity index is 260. The van der Waals surface area contributed by atoms with Gasteiger partial charge in [0.1, 0.15) is 0 Å². The summed E-state index contributed by atoms with van der Waals surface area (Å²) in [5.41, 5.74) is 0. The molecule has 0 radical (unpaired) electrons. The summed E-state index contributed by atoms with van der Waals surface area (Å²) < 4.78 is 0. The van der Waals surface area contributed by atoms with Crippen LogP contribution in [0, 0.1) is 0 Å². The number of hydrogen-bond acceptors (Lipinski definition) is 3. The predicted octanol–water partition coefficient (Wildman–Crippen LogP) is 1.92. The molecule has 0 aromatic carbocycles. The lowest BCUT2D eigenvalue weighted by molar-refractivity contribution is -0.123. The lowest BCUT2D eigenvalue weighted by Gasteiger charge is -2.30. The normalized spacial score (nSPS) is 30.9. The summed E-state index contributed by atoms with van der Waals surface area (Å²) in [6.07, 6.45) is 9.53. The first-order chi connectivity index (χ1) is 8.19. The van der Waals surface area contributed by atoms with Gasteiger partial charge in [-0.15, -0.1) is 0 Å². The predicted molar refractivity (Wildman–Crippen MR) is 73.3 cm³/mol. The zero-order valence-electron chi connectivity index (χ0n) is 10.9. The zero-order chi connectivity index (χ0) is 12.3. The van der Waals surface area contributed by atoms with Gasteiger partial charge in [-0.2, -0.15) is 11.8 Å². The molecule has 2 saturated carbocycles. The van der Waals surface area contributed by atoms with E-state index in [0.717, 1.165) is 18.1 Å². The van der Waals surface area contributed by atoms with Crippen LogP contribution in [-0.2, 0) is 4.79 Å². The Hall–Kier alpha value is -0.220. The van der Waals surface area contributed by atoms with Gasteiger partial charge in [-0.05, 0) is 51.7 Å². The maximum Gasteiger partial charge on any atom is 0.237 e. The average molecular weight is 256 g/mol. The topological polar surface area (TPSA) is 41.1 Å². The maximum absolute atomic E-state index is 11.8. The minimum Gasteiger partial charge on any atom is -0.352 e. The first kappa shape index (κ1) is 13.2. The lowest BCUT2D eigenvalue weighted by atomic mass is 9.94. The summed E-state index contributed by atoms with van der Waals surface area (Å²) in [6.45, 7) is 1.98. The van der Waals surface area contributed by atoms with Crippen LogP contribution < -0.4 is 10.6 Å². The summed E-state index contributed by atoms with van der Waals surface area (Å²) in [5, 5.41) is 7.37. The van der Waals surface area contributed by atoms with Crippen molar-refractivity contribution in [1.29, 1.82) is 0 Å². The fourth-order valence-corrected chi connectivity index (χ4v) is 3.19. The number of carbonyl (C=O) groups is 1. The van der Waals surface area contributed by atoms with Crippen molar-refractivity contribution < 1.29 is 4.79 Å². The van der Waals surface area contributed by atoms with Gasteiger partial charge in [0.2, 0.25) is 5.91 Å². The quantitative estimate of drug-likeness (QED) is 0.789. The minimum absolute atomic E-state index is 0.0357. The summed E-state index contributed by atoms with van der Waals surface area (Å²) in [5.74, 6) is 0.180. The molecule has 1 unspecified atom stereocenters. The van der Waals surface area contributed by atoms with E-state index in [1.807, 2.05) is 18.7 Å². The van der Waals surface area contributed by atoms with E-state index < -0.39 is 0 Å². The third-order valence-corrected chi connectivity index (χ3v) is 4.95. The molecule has 2 aliphatic carbocycles. The number of nitrogens with one attached hydrogen (secondary N) is 2. The molecule has 4 heteroatoms. The van der Waals surface area contributed by atoms with Crippen LogP contribution in [0.5, 0.6) is 0 Å². The van der Waals surface area contributed by atoms with Gasteiger partial charge in [0.25, 0.3) is 0 Å². The Balaban J connectivity index is 1.67. The van der Waals surface area contributed by atoms with Gasteiger partial charge in [0, 0.05) is 17.3 Å². The second kappa shape index (κ2) is 6.10. The molecule has 1 amide bonds. The Kier molecular flexibility index (Phi) is 4.74. The molecule has 98 valence electrons. The van der Waals surface area contributed by atoms with Gasteiger partial charge in [-0.1, -0.05) is 0 Å². The first-order valence-electron chi connectivity index (χ1n) is 6.78. The van der Waals surface area contributed by atoms with Gasteiger partial charge < -0.3 is 10.6 Å². The molecular weight excluding hydrogens is 232 g/mol. The molecule has 2 N–H and O–H groups in total. The fraction of sp³-hybridized carbons (Fsp3) is 0.923. The molecule has 0 saturated heterocycles. The van der Waals surface area contributed by atoms with E-state index in [-0.39, 0.29) is 11.9 Å². The summed E-state index contributed by atoms with van der Waals surface area (Å²) in [4.78, 5) is 11.8. The number of amides is 1. The zero-order valence-corrected chi connectivity index (χ0v) is 11.7. The van der Waals surface area contributed by atoms with Crippen molar-refractivity contribution in [2.45, 2.75) is 68.8 Å². The standard InChI is InChI=1S/C13H24N2OS/c1-9(13(16)15-11-3-4-11)14-10-5-7-12(17-2)8-6-10/h9-12,14H,3-8H2,1-2H3,(H,15,16). The van der Waals surface area contributed by atoms with Crippen molar-refractivity contribution in [2.24, 2.45) is 0 Å². The second-order valence-electron chi connectivity index (χ2n) is 5.38. The third-order valence-electron chi connectivity index (χ3n) is 3.81. The molecule has 0 bridgehead atoms. The van der Waals surface area contributed by atoms with Crippen molar-refractivity contribution >= 4 is 17.7 Å². The summed E-state index contributed by atoms with van der Waals surface area (Å²) >= 11 is 1.98. The van der Waals surface area contributed by atoms with Crippen LogP contribution in [0.3, 0.4) is 0 Å². The van der Waals surface area contributed by atoms with Gasteiger partial charge in [0.05, 0.1) is 6.04 Å². The Morgan fingerprint density at radius 3 is 2.24 bits per heavy atom. The van der Waals surface area contributed by atoms with Gasteiger partial charge in [0.15, 0.2) is 0 Å². The number of carbonyl (C=O) groups excluding carboxylic acids is 1. The maximum atomic E-state index is 11.8. The highest BCUT2D eigenvalue weighted by molar-refractivity contribution is 7.99. The fourth-order valence-electron chi connectivity index (χ4n) is 2.45. The van der Waals surface area contributed by atoms with Crippen LogP contribution in [0.1, 0.15) is 45.4 Å². The van der Waals surface area contributed by atoms with Gasteiger partial charge in [-0.3, -0.25) is 4.79 Å². The van der Waals surface area contributed by atoms with Crippen LogP contribution in [0.15, 0.2) is 0 Å². The van der Waals surface area contributed by atoms with Crippen LogP contribution in [0.2, 0.25) is 0 Å². The highest BCUT2D eigenvalue weighted by atomic mass is 32.2. The molecule has 0 aromatic rings. The number of hydrogen-bond donors (Lipinski definition) is 2. The van der Waals surface area contributed by atoms with E-state index in [1.165, 1.54) is 25.7 Å². The van der Waals surface area contributed by atoms with Gasteiger partial charge in [-0.25, -0.2) is 0 Å². The molecule has 2 fully saturated rings. The minimum atomic E-state index is -0.0357. The molecule has 2 rings (SSSR count). The van der Waals surface area contributed by atoms with Crippen molar-refractivity contribution in [1.82, 2.24) is 10.6 Å². The Morgan fingerprint density at radius 2 is 1.71 bits per heavy atom. The van der Waals surface area contributed by atoms with E-state index in [9.17, 15) is 4.79 Å². The monoisotopic (exact) mass is 256 g/mol. The number of thioether (sulfide) groups is 1. The lowest BCUT2D eigenvalue weighted by Crippen LogP contribution is -2.48. The van der Waals surface area contributed by atoms with E-state index in [4.69, 9.17) is 0 Å². The van der Waals surface area contributed by atoms with E-state index in [0.29, 0.717) is 12.1 Å². The van der Waals surface area contributed by atoms with Crippen molar-refractivity contribution in [3.05, 3.63) is 0 Å². The van der Waals surface area contributed by atoms with E-state index >= 15 is 0 Å². The Labute approximate surface area is 108 Å². The van der Waals surface area contributed by atoms with Crippen molar-refractivity contribution in [3.63, 3.8) is 0 Å². The first-order valence-corrected chi connectivity index (χ1v) is 8.07. The molecule has 0 heterocycles. The largest absolute Gasteiger partial charge is 0.352 e. The molecular formula is C13H24N2OS. The van der Waals surface area contributed by atoms with Gasteiger partial charge >= 0.3 is 0 Å². The highest BCUT2D eigenvalue weighted by Gasteiger charge is 2.27. The molecule has 1 atom stereocenters. The third kappa shape index (κ3) is 4.18. The molecule has 3 nitrogen and oxygen atoms in total. The Morgan fingerprint density at radius 1 is 1.12 bits per heavy atom. The van der Waals surface area contributed by atoms with Crippen LogP contribution in [0.25, 0.3) is 0 Å². The second-order valence-corrected chi connectivity index (χ2v) is 6.52. The molecule has 0 aromatic heterocycles. The average Bonchev–Trinajstić information content (AvgIpc) is 3.14. The van der Waals surface area contributed by atoms with E-state index in [2.05, 4.69) is 16.9 Å².